The lowest BCUT2D eigenvalue weighted by Crippen LogP contribution is -2.54. The van der Waals surface area contributed by atoms with Gasteiger partial charge in [0, 0.05) is 25.0 Å². The number of benzene rings is 3. The van der Waals surface area contributed by atoms with Crippen molar-refractivity contribution < 1.29 is 19.5 Å². The number of anilines is 1. The number of aromatic hydroxyl groups is 1. The van der Waals surface area contributed by atoms with Crippen molar-refractivity contribution in [3.05, 3.63) is 129 Å². The van der Waals surface area contributed by atoms with Crippen LogP contribution in [0.25, 0.3) is 0 Å². The molecular formula is C32H30N4O5. The van der Waals surface area contributed by atoms with E-state index in [0.717, 1.165) is 22.3 Å². The van der Waals surface area contributed by atoms with E-state index < -0.39 is 34.9 Å². The third-order valence-electron chi connectivity index (χ3n) is 7.23. The second-order valence-electron chi connectivity index (χ2n) is 10.1. The summed E-state index contributed by atoms with van der Waals surface area (Å²) in [6, 6.07) is 23.0. The van der Waals surface area contributed by atoms with Crippen LogP contribution in [0.1, 0.15) is 43.1 Å². The van der Waals surface area contributed by atoms with Gasteiger partial charge in [0.2, 0.25) is 11.3 Å². The number of hydrogen-bond donors (Lipinski definition) is 3. The number of amides is 3. The molecule has 3 aromatic carbocycles. The lowest BCUT2D eigenvalue weighted by Gasteiger charge is -2.37. The summed E-state index contributed by atoms with van der Waals surface area (Å²) >= 11 is 0. The standard InChI is InChI=1S/C32H30N4O5/c1-20-10-9-11-21(2)26(20)34-31(40)25-19-35-18-24(30(39)33-16-22-12-5-3-6-13-22)28(37)29(38)27(35)32(41)36(25)17-23-14-7-4-8-15-23/h3-15,18,25,38H,16-17,19H2,1-2H3,(H,33,39)(H,34,40). The summed E-state index contributed by atoms with van der Waals surface area (Å²) in [7, 11) is 0. The lowest BCUT2D eigenvalue weighted by molar-refractivity contribution is -0.121. The topological polar surface area (TPSA) is 121 Å². The quantitative estimate of drug-likeness (QED) is 0.324. The number of fused-ring (bicyclic) bond motifs is 1. The molecule has 1 aliphatic rings. The minimum absolute atomic E-state index is 0.0720. The average molecular weight is 551 g/mol. The van der Waals surface area contributed by atoms with Crippen LogP contribution in [-0.2, 0) is 24.4 Å². The molecule has 0 saturated carbocycles. The number of pyridine rings is 1. The van der Waals surface area contributed by atoms with Gasteiger partial charge in [-0.25, -0.2) is 0 Å². The summed E-state index contributed by atoms with van der Waals surface area (Å²) in [5.41, 5.74) is 2.47. The van der Waals surface area contributed by atoms with Crippen LogP contribution in [0.2, 0.25) is 0 Å². The highest BCUT2D eigenvalue weighted by molar-refractivity contribution is 6.04. The van der Waals surface area contributed by atoms with Crippen molar-refractivity contribution in [3.63, 3.8) is 0 Å². The summed E-state index contributed by atoms with van der Waals surface area (Å²) in [4.78, 5) is 54.9. The molecule has 41 heavy (non-hydrogen) atoms. The summed E-state index contributed by atoms with van der Waals surface area (Å²) in [5, 5.41) is 16.5. The predicted molar refractivity (Wildman–Crippen MR) is 155 cm³/mol. The maximum Gasteiger partial charge on any atom is 0.275 e. The van der Waals surface area contributed by atoms with Crippen LogP contribution in [0.4, 0.5) is 5.69 Å². The summed E-state index contributed by atoms with van der Waals surface area (Å²) in [5.74, 6) is -2.63. The molecule has 0 spiro atoms. The third-order valence-corrected chi connectivity index (χ3v) is 7.23. The Bertz CT molecular complexity index is 1660. The molecule has 9 nitrogen and oxygen atoms in total. The van der Waals surface area contributed by atoms with E-state index in [1.807, 2.05) is 92.7 Å². The molecule has 1 atom stereocenters. The molecule has 0 fully saturated rings. The van der Waals surface area contributed by atoms with Gasteiger partial charge >= 0.3 is 0 Å². The summed E-state index contributed by atoms with van der Waals surface area (Å²) in [6.45, 7) is 3.95. The Labute approximate surface area is 237 Å². The molecular weight excluding hydrogens is 520 g/mol. The van der Waals surface area contributed by atoms with Crippen molar-refractivity contribution in [2.24, 2.45) is 0 Å². The highest BCUT2D eigenvalue weighted by atomic mass is 16.3. The normalized spacial score (nSPS) is 14.3. The third kappa shape index (κ3) is 5.60. The minimum Gasteiger partial charge on any atom is -0.503 e. The van der Waals surface area contributed by atoms with Crippen LogP contribution in [0, 0.1) is 13.8 Å². The zero-order chi connectivity index (χ0) is 29.1. The first-order valence-corrected chi connectivity index (χ1v) is 13.2. The molecule has 0 bridgehead atoms. The fraction of sp³-hybridized carbons (Fsp3) is 0.188. The van der Waals surface area contributed by atoms with E-state index in [1.54, 1.807) is 0 Å². The van der Waals surface area contributed by atoms with Gasteiger partial charge in [-0.05, 0) is 36.1 Å². The Hall–Kier alpha value is -5.18. The Morgan fingerprint density at radius 2 is 1.49 bits per heavy atom. The van der Waals surface area contributed by atoms with Gasteiger partial charge < -0.3 is 25.2 Å². The van der Waals surface area contributed by atoms with Crippen LogP contribution < -0.4 is 16.1 Å². The van der Waals surface area contributed by atoms with E-state index in [4.69, 9.17) is 0 Å². The number of aryl methyl sites for hydroxylation is 2. The number of nitrogens with zero attached hydrogens (tertiary/aromatic N) is 2. The van der Waals surface area contributed by atoms with Gasteiger partial charge in [0.15, 0.2) is 11.4 Å². The zero-order valence-electron chi connectivity index (χ0n) is 22.8. The number of hydrogen-bond acceptors (Lipinski definition) is 5. The zero-order valence-corrected chi connectivity index (χ0v) is 22.8. The first-order valence-electron chi connectivity index (χ1n) is 13.2. The monoisotopic (exact) mass is 550 g/mol. The van der Waals surface area contributed by atoms with Gasteiger partial charge in [0.05, 0.1) is 6.54 Å². The highest BCUT2D eigenvalue weighted by Crippen LogP contribution is 2.27. The molecule has 208 valence electrons. The van der Waals surface area contributed by atoms with Crippen molar-refractivity contribution in [3.8, 4) is 5.75 Å². The van der Waals surface area contributed by atoms with Crippen molar-refractivity contribution in [1.82, 2.24) is 14.8 Å². The van der Waals surface area contributed by atoms with Gasteiger partial charge in [0.1, 0.15) is 11.6 Å². The van der Waals surface area contributed by atoms with Crippen molar-refractivity contribution in [2.75, 3.05) is 5.32 Å². The highest BCUT2D eigenvalue weighted by Gasteiger charge is 2.40. The number of nitrogens with one attached hydrogen (secondary N) is 2. The van der Waals surface area contributed by atoms with Crippen molar-refractivity contribution >= 4 is 23.4 Å². The molecule has 3 amide bonds. The Morgan fingerprint density at radius 3 is 2.12 bits per heavy atom. The van der Waals surface area contributed by atoms with Gasteiger partial charge in [-0.1, -0.05) is 78.9 Å². The average Bonchev–Trinajstić information content (AvgIpc) is 2.97. The number of carbonyl (C=O) groups excluding carboxylic acids is 3. The maximum absolute atomic E-state index is 13.8. The minimum atomic E-state index is -0.989. The molecule has 1 unspecified atom stereocenters. The predicted octanol–water partition coefficient (Wildman–Crippen LogP) is 3.76. The van der Waals surface area contributed by atoms with Gasteiger partial charge in [0.25, 0.3) is 11.8 Å². The van der Waals surface area contributed by atoms with E-state index in [-0.39, 0.29) is 30.9 Å². The second kappa shape index (κ2) is 11.5. The molecule has 0 aliphatic carbocycles. The van der Waals surface area contributed by atoms with Crippen LogP contribution in [0.5, 0.6) is 5.75 Å². The van der Waals surface area contributed by atoms with Gasteiger partial charge in [-0.2, -0.15) is 0 Å². The molecule has 9 heteroatoms. The van der Waals surface area contributed by atoms with Crippen LogP contribution in [0.15, 0.2) is 89.9 Å². The molecule has 5 rings (SSSR count). The first kappa shape index (κ1) is 27.4. The van der Waals surface area contributed by atoms with Crippen molar-refractivity contribution in [1.29, 1.82) is 0 Å². The molecule has 1 aromatic heterocycles. The molecule has 4 aromatic rings. The Balaban J connectivity index is 1.51. The van der Waals surface area contributed by atoms with Crippen LogP contribution in [0.3, 0.4) is 0 Å². The number of para-hydroxylation sites is 1. The Morgan fingerprint density at radius 1 is 0.878 bits per heavy atom. The number of carbonyl (C=O) groups is 3. The van der Waals surface area contributed by atoms with E-state index in [2.05, 4.69) is 10.6 Å². The molecule has 3 N–H and O–H groups in total. The molecule has 1 aliphatic heterocycles. The summed E-state index contributed by atoms with van der Waals surface area (Å²) < 4.78 is 1.33. The van der Waals surface area contributed by atoms with E-state index in [0.29, 0.717) is 5.69 Å². The van der Waals surface area contributed by atoms with Gasteiger partial charge in [-0.3, -0.25) is 19.2 Å². The SMILES string of the molecule is Cc1cccc(C)c1NC(=O)C1Cn2cc(C(=O)NCc3ccccc3)c(=O)c(O)c2C(=O)N1Cc1ccccc1. The van der Waals surface area contributed by atoms with Crippen molar-refractivity contribution in [2.45, 2.75) is 39.5 Å². The number of aromatic nitrogens is 1. The molecule has 0 radical (unpaired) electrons. The fourth-order valence-corrected chi connectivity index (χ4v) is 5.02. The first-order chi connectivity index (χ1) is 19.7. The van der Waals surface area contributed by atoms with E-state index in [9.17, 15) is 24.3 Å². The Kier molecular flexibility index (Phi) is 7.69. The lowest BCUT2D eigenvalue weighted by atomic mass is 10.0. The summed E-state index contributed by atoms with van der Waals surface area (Å²) in [6.07, 6.45) is 1.24. The maximum atomic E-state index is 13.8. The molecule has 0 saturated heterocycles. The van der Waals surface area contributed by atoms with E-state index in [1.165, 1.54) is 15.7 Å². The van der Waals surface area contributed by atoms with Gasteiger partial charge in [-0.15, -0.1) is 0 Å². The fourth-order valence-electron chi connectivity index (χ4n) is 5.02. The smallest absolute Gasteiger partial charge is 0.275 e. The number of rotatable bonds is 7. The largest absolute Gasteiger partial charge is 0.503 e. The van der Waals surface area contributed by atoms with Crippen LogP contribution >= 0.6 is 0 Å². The van der Waals surface area contributed by atoms with Crippen LogP contribution in [-0.4, -0.2) is 38.3 Å². The second-order valence-corrected chi connectivity index (χ2v) is 10.1. The molecule has 2 heterocycles. The van der Waals surface area contributed by atoms with E-state index >= 15 is 0 Å².